The number of nitrogens with zero attached hydrogens (tertiary/aromatic N) is 1. The third-order valence-corrected chi connectivity index (χ3v) is 4.49. The molecule has 0 aliphatic rings. The van der Waals surface area contributed by atoms with E-state index < -0.39 is 0 Å². The van der Waals surface area contributed by atoms with Crippen LogP contribution in [0.2, 0.25) is 0 Å². The lowest BCUT2D eigenvalue weighted by atomic mass is 10.1. The minimum Gasteiger partial charge on any atom is -0.493 e. The molecule has 6 nitrogen and oxygen atoms in total. The van der Waals surface area contributed by atoms with E-state index in [9.17, 15) is 0 Å². The lowest BCUT2D eigenvalue weighted by Gasteiger charge is -2.12. The van der Waals surface area contributed by atoms with Crippen LogP contribution in [0.25, 0.3) is 10.9 Å². The SMILES string of the molecule is CCNC(=NCc1cc2ccccc2[nH]1)NCCc1ccc(OC)c(OC)c1. The van der Waals surface area contributed by atoms with Crippen molar-refractivity contribution in [3.63, 3.8) is 0 Å². The first-order chi connectivity index (χ1) is 13.7. The molecule has 1 aromatic heterocycles. The molecule has 0 bridgehead atoms. The minimum atomic E-state index is 0.598. The molecule has 0 fully saturated rings. The van der Waals surface area contributed by atoms with E-state index in [4.69, 9.17) is 9.47 Å². The van der Waals surface area contributed by atoms with E-state index >= 15 is 0 Å². The molecule has 3 N–H and O–H groups in total. The van der Waals surface area contributed by atoms with Crippen molar-refractivity contribution >= 4 is 16.9 Å². The first kappa shape index (κ1) is 19.6. The van der Waals surface area contributed by atoms with E-state index in [1.807, 2.05) is 24.3 Å². The highest BCUT2D eigenvalue weighted by Crippen LogP contribution is 2.27. The van der Waals surface area contributed by atoms with Gasteiger partial charge in [0, 0.05) is 24.3 Å². The maximum Gasteiger partial charge on any atom is 0.191 e. The molecule has 0 unspecified atom stereocenters. The lowest BCUT2D eigenvalue weighted by molar-refractivity contribution is 0.354. The Morgan fingerprint density at radius 2 is 1.82 bits per heavy atom. The molecule has 3 aromatic rings. The number of hydrogen-bond acceptors (Lipinski definition) is 3. The Balaban J connectivity index is 1.59. The molecule has 0 aliphatic carbocycles. The number of rotatable bonds is 8. The van der Waals surface area contributed by atoms with Crippen LogP contribution in [0.5, 0.6) is 11.5 Å². The van der Waals surface area contributed by atoms with Crippen LogP contribution in [0, 0.1) is 0 Å². The minimum absolute atomic E-state index is 0.598. The van der Waals surface area contributed by atoms with Crippen LogP contribution in [0.3, 0.4) is 0 Å². The Morgan fingerprint density at radius 1 is 1.00 bits per heavy atom. The normalized spacial score (nSPS) is 11.5. The molecule has 0 saturated heterocycles. The van der Waals surface area contributed by atoms with Crippen LogP contribution in [0.15, 0.2) is 53.5 Å². The van der Waals surface area contributed by atoms with Crippen LogP contribution in [0.4, 0.5) is 0 Å². The zero-order chi connectivity index (χ0) is 19.8. The largest absolute Gasteiger partial charge is 0.493 e. The smallest absolute Gasteiger partial charge is 0.191 e. The molecule has 1 heterocycles. The fourth-order valence-electron chi connectivity index (χ4n) is 3.09. The third-order valence-electron chi connectivity index (χ3n) is 4.49. The zero-order valence-corrected chi connectivity index (χ0v) is 16.7. The van der Waals surface area contributed by atoms with Gasteiger partial charge in [-0.1, -0.05) is 24.3 Å². The number of H-pyrrole nitrogens is 1. The summed E-state index contributed by atoms with van der Waals surface area (Å²) >= 11 is 0. The van der Waals surface area contributed by atoms with E-state index in [1.165, 1.54) is 10.9 Å². The number of methoxy groups -OCH3 is 2. The quantitative estimate of drug-likeness (QED) is 0.413. The van der Waals surface area contributed by atoms with Crippen molar-refractivity contribution in [2.75, 3.05) is 27.3 Å². The summed E-state index contributed by atoms with van der Waals surface area (Å²) in [5.41, 5.74) is 3.41. The first-order valence-corrected chi connectivity index (χ1v) is 9.53. The van der Waals surface area contributed by atoms with Gasteiger partial charge >= 0.3 is 0 Å². The second-order valence-electron chi connectivity index (χ2n) is 6.44. The fourth-order valence-corrected chi connectivity index (χ4v) is 3.09. The maximum absolute atomic E-state index is 5.37. The molecule has 0 saturated carbocycles. The molecule has 0 amide bonds. The molecule has 148 valence electrons. The number of aliphatic imine (C=N–C) groups is 1. The van der Waals surface area contributed by atoms with Gasteiger partial charge in [-0.2, -0.15) is 0 Å². The van der Waals surface area contributed by atoms with Crippen molar-refractivity contribution in [3.05, 3.63) is 59.8 Å². The highest BCUT2D eigenvalue weighted by molar-refractivity contribution is 5.81. The van der Waals surface area contributed by atoms with E-state index in [2.05, 4.69) is 51.8 Å². The van der Waals surface area contributed by atoms with E-state index in [1.54, 1.807) is 14.2 Å². The summed E-state index contributed by atoms with van der Waals surface area (Å²) in [5.74, 6) is 2.30. The van der Waals surface area contributed by atoms with Crippen LogP contribution in [-0.4, -0.2) is 38.3 Å². The number of aromatic amines is 1. The molecule has 2 aromatic carbocycles. The monoisotopic (exact) mass is 380 g/mol. The number of nitrogens with one attached hydrogen (secondary N) is 3. The number of guanidine groups is 1. The first-order valence-electron chi connectivity index (χ1n) is 9.53. The van der Waals surface area contributed by atoms with Gasteiger partial charge in [0.05, 0.1) is 20.8 Å². The maximum atomic E-state index is 5.37. The van der Waals surface area contributed by atoms with E-state index in [-0.39, 0.29) is 0 Å². The summed E-state index contributed by atoms with van der Waals surface area (Å²) in [6.45, 7) is 4.25. The van der Waals surface area contributed by atoms with Crippen LogP contribution in [-0.2, 0) is 13.0 Å². The number of para-hydroxylation sites is 1. The van der Waals surface area contributed by atoms with Crippen molar-refractivity contribution in [2.45, 2.75) is 19.9 Å². The Labute approximate surface area is 166 Å². The summed E-state index contributed by atoms with van der Waals surface area (Å²) in [6, 6.07) is 16.4. The average Bonchev–Trinajstić information content (AvgIpc) is 3.15. The zero-order valence-electron chi connectivity index (χ0n) is 16.7. The average molecular weight is 380 g/mol. The Kier molecular flexibility index (Phi) is 6.78. The van der Waals surface area contributed by atoms with Crippen molar-refractivity contribution in [1.29, 1.82) is 0 Å². The number of aromatic nitrogens is 1. The van der Waals surface area contributed by atoms with Gasteiger partial charge in [-0.15, -0.1) is 0 Å². The Morgan fingerprint density at radius 3 is 2.57 bits per heavy atom. The summed E-state index contributed by atoms with van der Waals surface area (Å²) in [5, 5.41) is 7.89. The molecule has 0 radical (unpaired) electrons. The van der Waals surface area contributed by atoms with E-state index in [0.29, 0.717) is 6.54 Å². The number of fused-ring (bicyclic) bond motifs is 1. The molecule has 0 atom stereocenters. The van der Waals surface area contributed by atoms with Gasteiger partial charge in [-0.3, -0.25) is 0 Å². The fraction of sp³-hybridized carbons (Fsp3) is 0.318. The number of ether oxygens (including phenoxy) is 2. The molecule has 0 spiro atoms. The van der Waals surface area contributed by atoms with Gasteiger partial charge in [-0.25, -0.2) is 4.99 Å². The molecule has 3 rings (SSSR count). The summed E-state index contributed by atoms with van der Waals surface area (Å²) in [6.07, 6.45) is 0.858. The van der Waals surface area contributed by atoms with Crippen molar-refractivity contribution in [3.8, 4) is 11.5 Å². The Hall–Kier alpha value is -3.15. The third kappa shape index (κ3) is 4.97. The Bertz CT molecular complexity index is 900. The van der Waals surface area contributed by atoms with Crippen LogP contribution >= 0.6 is 0 Å². The molecule has 0 aliphatic heterocycles. The van der Waals surface area contributed by atoms with Gasteiger partial charge in [0.25, 0.3) is 0 Å². The van der Waals surface area contributed by atoms with Gasteiger partial charge in [0.15, 0.2) is 17.5 Å². The van der Waals surface area contributed by atoms with Gasteiger partial charge in [-0.05, 0) is 48.6 Å². The van der Waals surface area contributed by atoms with Crippen molar-refractivity contribution in [1.82, 2.24) is 15.6 Å². The lowest BCUT2D eigenvalue weighted by Crippen LogP contribution is -2.38. The highest BCUT2D eigenvalue weighted by atomic mass is 16.5. The van der Waals surface area contributed by atoms with Gasteiger partial charge in [0.1, 0.15) is 0 Å². The van der Waals surface area contributed by atoms with Crippen molar-refractivity contribution in [2.24, 2.45) is 4.99 Å². The summed E-state index contributed by atoms with van der Waals surface area (Å²) < 4.78 is 10.7. The standard InChI is InChI=1S/C22H28N4O2/c1-4-23-22(25-15-18-14-17-7-5-6-8-19(17)26-18)24-12-11-16-9-10-20(27-2)21(13-16)28-3/h5-10,13-14,26H,4,11-12,15H2,1-3H3,(H2,23,24,25). The second kappa shape index (κ2) is 9.69. The predicted molar refractivity (Wildman–Crippen MR) is 114 cm³/mol. The summed E-state index contributed by atoms with van der Waals surface area (Å²) in [4.78, 5) is 8.10. The van der Waals surface area contributed by atoms with Crippen LogP contribution < -0.4 is 20.1 Å². The molecule has 28 heavy (non-hydrogen) atoms. The van der Waals surface area contributed by atoms with E-state index in [0.717, 1.165) is 48.2 Å². The van der Waals surface area contributed by atoms with Crippen molar-refractivity contribution < 1.29 is 9.47 Å². The molecule has 6 heteroatoms. The van der Waals surface area contributed by atoms with Crippen LogP contribution in [0.1, 0.15) is 18.2 Å². The molecular formula is C22H28N4O2. The van der Waals surface area contributed by atoms with Gasteiger partial charge in [0.2, 0.25) is 0 Å². The number of hydrogen-bond donors (Lipinski definition) is 3. The van der Waals surface area contributed by atoms with Gasteiger partial charge < -0.3 is 25.1 Å². The second-order valence-corrected chi connectivity index (χ2v) is 6.44. The predicted octanol–water partition coefficient (Wildman–Crippen LogP) is 3.48. The highest BCUT2D eigenvalue weighted by Gasteiger charge is 2.05. The molecular weight excluding hydrogens is 352 g/mol. The number of benzene rings is 2. The topological polar surface area (TPSA) is 70.7 Å². The summed E-state index contributed by atoms with van der Waals surface area (Å²) in [7, 11) is 3.30.